The van der Waals surface area contributed by atoms with Gasteiger partial charge in [-0.25, -0.2) is 9.78 Å². The highest BCUT2D eigenvalue weighted by Gasteiger charge is 2.19. The Bertz CT molecular complexity index is 1080. The van der Waals surface area contributed by atoms with Crippen LogP contribution in [-0.2, 0) is 27.9 Å². The molecular formula is C20H23N5O5. The SMILES string of the molecule is CCOC(=O)C(=O)Nc1cnc(NCc2ccc(OC)cc2OC)c2c1cnn2C. The van der Waals surface area contributed by atoms with E-state index < -0.39 is 11.9 Å². The number of esters is 1. The number of aromatic nitrogens is 3. The number of nitrogens with one attached hydrogen (secondary N) is 2. The van der Waals surface area contributed by atoms with E-state index in [0.29, 0.717) is 40.5 Å². The number of aryl methyl sites for hydroxylation is 1. The molecule has 0 radical (unpaired) electrons. The third-order valence-electron chi connectivity index (χ3n) is 4.43. The number of methoxy groups -OCH3 is 2. The Kier molecular flexibility index (Phi) is 6.35. The maximum Gasteiger partial charge on any atom is 0.397 e. The van der Waals surface area contributed by atoms with Gasteiger partial charge in [-0.1, -0.05) is 0 Å². The van der Waals surface area contributed by atoms with E-state index in [9.17, 15) is 9.59 Å². The van der Waals surface area contributed by atoms with Crippen molar-refractivity contribution in [1.29, 1.82) is 0 Å². The van der Waals surface area contributed by atoms with Gasteiger partial charge in [-0.05, 0) is 19.1 Å². The van der Waals surface area contributed by atoms with Crippen LogP contribution in [0, 0.1) is 0 Å². The fraction of sp³-hybridized carbons (Fsp3) is 0.300. The number of benzene rings is 1. The van der Waals surface area contributed by atoms with Gasteiger partial charge in [-0.2, -0.15) is 5.10 Å². The van der Waals surface area contributed by atoms with E-state index in [1.807, 2.05) is 12.1 Å². The molecule has 10 heteroatoms. The number of rotatable bonds is 7. The van der Waals surface area contributed by atoms with E-state index in [-0.39, 0.29) is 6.61 Å². The predicted molar refractivity (Wildman–Crippen MR) is 111 cm³/mol. The Morgan fingerprint density at radius 3 is 2.67 bits per heavy atom. The second-order valence-electron chi connectivity index (χ2n) is 6.26. The number of carbonyl (C=O) groups excluding carboxylic acids is 2. The zero-order valence-electron chi connectivity index (χ0n) is 17.2. The molecule has 1 aromatic carbocycles. The van der Waals surface area contributed by atoms with E-state index in [4.69, 9.17) is 14.2 Å². The summed E-state index contributed by atoms with van der Waals surface area (Å²) in [6.45, 7) is 2.18. The normalized spacial score (nSPS) is 10.5. The maximum absolute atomic E-state index is 12.0. The molecule has 0 saturated carbocycles. The molecule has 10 nitrogen and oxygen atoms in total. The Morgan fingerprint density at radius 1 is 1.17 bits per heavy atom. The number of amides is 1. The quantitative estimate of drug-likeness (QED) is 0.447. The van der Waals surface area contributed by atoms with Crippen molar-refractivity contribution < 1.29 is 23.8 Å². The number of hydrogen-bond acceptors (Lipinski definition) is 8. The average Bonchev–Trinajstić information content (AvgIpc) is 3.15. The van der Waals surface area contributed by atoms with Crippen molar-refractivity contribution in [1.82, 2.24) is 14.8 Å². The second kappa shape index (κ2) is 9.12. The molecule has 3 rings (SSSR count). The lowest BCUT2D eigenvalue weighted by atomic mass is 10.2. The van der Waals surface area contributed by atoms with Gasteiger partial charge in [-0.15, -0.1) is 0 Å². The third kappa shape index (κ3) is 4.27. The summed E-state index contributed by atoms with van der Waals surface area (Å²) in [6, 6.07) is 5.55. The molecule has 0 aliphatic heterocycles. The monoisotopic (exact) mass is 413 g/mol. The zero-order valence-corrected chi connectivity index (χ0v) is 17.2. The first-order valence-electron chi connectivity index (χ1n) is 9.22. The highest BCUT2D eigenvalue weighted by atomic mass is 16.5. The number of fused-ring (bicyclic) bond motifs is 1. The van der Waals surface area contributed by atoms with Gasteiger partial charge < -0.3 is 24.8 Å². The number of carbonyl (C=O) groups is 2. The number of anilines is 2. The summed E-state index contributed by atoms with van der Waals surface area (Å²) in [6.07, 6.45) is 3.06. The lowest BCUT2D eigenvalue weighted by Gasteiger charge is -2.13. The summed E-state index contributed by atoms with van der Waals surface area (Å²) < 4.78 is 17.0. The van der Waals surface area contributed by atoms with E-state index in [1.54, 1.807) is 45.1 Å². The summed E-state index contributed by atoms with van der Waals surface area (Å²) >= 11 is 0. The molecule has 2 aromatic heterocycles. The van der Waals surface area contributed by atoms with Crippen LogP contribution in [0.1, 0.15) is 12.5 Å². The first kappa shape index (κ1) is 20.9. The zero-order chi connectivity index (χ0) is 21.7. The first-order valence-corrected chi connectivity index (χ1v) is 9.22. The van der Waals surface area contributed by atoms with Crippen LogP contribution in [0.2, 0.25) is 0 Å². The van der Waals surface area contributed by atoms with Crippen LogP contribution in [0.25, 0.3) is 10.9 Å². The summed E-state index contributed by atoms with van der Waals surface area (Å²) in [7, 11) is 4.95. The molecule has 0 atom stereocenters. The van der Waals surface area contributed by atoms with Crippen LogP contribution < -0.4 is 20.1 Å². The fourth-order valence-electron chi connectivity index (χ4n) is 2.95. The molecule has 1 amide bonds. The number of nitrogens with zero attached hydrogens (tertiary/aromatic N) is 3. The minimum atomic E-state index is -0.955. The van der Waals surface area contributed by atoms with Crippen molar-refractivity contribution in [2.24, 2.45) is 7.05 Å². The van der Waals surface area contributed by atoms with Crippen LogP contribution in [0.4, 0.5) is 11.5 Å². The molecule has 30 heavy (non-hydrogen) atoms. The largest absolute Gasteiger partial charge is 0.497 e. The smallest absolute Gasteiger partial charge is 0.397 e. The lowest BCUT2D eigenvalue weighted by molar-refractivity contribution is -0.152. The van der Waals surface area contributed by atoms with Crippen molar-refractivity contribution in [3.63, 3.8) is 0 Å². The minimum Gasteiger partial charge on any atom is -0.497 e. The van der Waals surface area contributed by atoms with Crippen molar-refractivity contribution >= 4 is 34.3 Å². The van der Waals surface area contributed by atoms with Crippen LogP contribution in [0.3, 0.4) is 0 Å². The predicted octanol–water partition coefficient (Wildman–Crippen LogP) is 2.10. The lowest BCUT2D eigenvalue weighted by Crippen LogP contribution is -2.25. The van der Waals surface area contributed by atoms with Gasteiger partial charge in [0.1, 0.15) is 17.0 Å². The molecule has 0 spiro atoms. The van der Waals surface area contributed by atoms with Crippen LogP contribution >= 0.6 is 0 Å². The summed E-state index contributed by atoms with van der Waals surface area (Å²) in [5, 5.41) is 10.7. The Morgan fingerprint density at radius 2 is 1.97 bits per heavy atom. The van der Waals surface area contributed by atoms with Crippen molar-refractivity contribution in [3.05, 3.63) is 36.2 Å². The van der Waals surface area contributed by atoms with E-state index in [2.05, 4.69) is 20.7 Å². The van der Waals surface area contributed by atoms with Crippen LogP contribution in [0.5, 0.6) is 11.5 Å². The van der Waals surface area contributed by atoms with Gasteiger partial charge in [0.05, 0.1) is 38.9 Å². The van der Waals surface area contributed by atoms with Crippen molar-refractivity contribution in [3.8, 4) is 11.5 Å². The number of ether oxygens (including phenoxy) is 3. The molecular weight excluding hydrogens is 390 g/mol. The van der Waals surface area contributed by atoms with Gasteiger partial charge in [-0.3, -0.25) is 9.48 Å². The molecule has 0 saturated heterocycles. The standard InChI is InChI=1S/C20H23N5O5/c1-5-30-20(27)19(26)24-15-11-22-18(17-14(15)10-23-25(17)2)21-9-12-6-7-13(28-3)8-16(12)29-4/h6-8,10-11H,5,9H2,1-4H3,(H,21,22)(H,24,26). The minimum absolute atomic E-state index is 0.116. The summed E-state index contributed by atoms with van der Waals surface area (Å²) in [4.78, 5) is 28.0. The third-order valence-corrected chi connectivity index (χ3v) is 4.43. The highest BCUT2D eigenvalue weighted by Crippen LogP contribution is 2.29. The topological polar surface area (TPSA) is 117 Å². The van der Waals surface area contributed by atoms with E-state index >= 15 is 0 Å². The van der Waals surface area contributed by atoms with Gasteiger partial charge in [0, 0.05) is 30.6 Å². The maximum atomic E-state index is 12.0. The summed E-state index contributed by atoms with van der Waals surface area (Å²) in [5.74, 6) is 0.124. The van der Waals surface area contributed by atoms with Crippen molar-refractivity contribution in [2.45, 2.75) is 13.5 Å². The summed E-state index contributed by atoms with van der Waals surface area (Å²) in [5.41, 5.74) is 1.95. The Hall–Kier alpha value is -3.82. The molecule has 0 unspecified atom stereocenters. The van der Waals surface area contributed by atoms with Crippen LogP contribution in [0.15, 0.2) is 30.6 Å². The molecule has 0 aliphatic rings. The van der Waals surface area contributed by atoms with Gasteiger partial charge in [0.15, 0.2) is 5.82 Å². The average molecular weight is 413 g/mol. The molecule has 0 fully saturated rings. The highest BCUT2D eigenvalue weighted by molar-refractivity contribution is 6.38. The van der Waals surface area contributed by atoms with Gasteiger partial charge in [0.2, 0.25) is 0 Å². The molecule has 2 N–H and O–H groups in total. The number of pyridine rings is 1. The molecule has 3 aromatic rings. The van der Waals surface area contributed by atoms with E-state index in [0.717, 1.165) is 5.56 Å². The first-order chi connectivity index (χ1) is 14.5. The molecule has 0 aliphatic carbocycles. The molecule has 158 valence electrons. The van der Waals surface area contributed by atoms with Crippen molar-refractivity contribution in [2.75, 3.05) is 31.5 Å². The molecule has 2 heterocycles. The second-order valence-corrected chi connectivity index (χ2v) is 6.26. The fourth-order valence-corrected chi connectivity index (χ4v) is 2.95. The van der Waals surface area contributed by atoms with Gasteiger partial charge >= 0.3 is 11.9 Å². The number of hydrogen-bond donors (Lipinski definition) is 2. The Balaban J connectivity index is 1.85. The van der Waals surface area contributed by atoms with Crippen LogP contribution in [-0.4, -0.2) is 47.5 Å². The van der Waals surface area contributed by atoms with Gasteiger partial charge in [0.25, 0.3) is 0 Å². The van der Waals surface area contributed by atoms with E-state index in [1.165, 1.54) is 6.20 Å². The molecule has 0 bridgehead atoms. The Labute approximate surface area is 173 Å².